The molecule has 0 aromatic carbocycles. The van der Waals surface area contributed by atoms with Gasteiger partial charge in [-0.1, -0.05) is 0 Å². The van der Waals surface area contributed by atoms with Crippen molar-refractivity contribution < 1.29 is 0 Å². The summed E-state index contributed by atoms with van der Waals surface area (Å²) in [6, 6.07) is 3.61. The van der Waals surface area contributed by atoms with Crippen molar-refractivity contribution >= 4 is 11.8 Å². The molecule has 0 bridgehead atoms. The summed E-state index contributed by atoms with van der Waals surface area (Å²) in [5.74, 6) is 0. The highest BCUT2D eigenvalue weighted by atomic mass is 32.2. The average Bonchev–Trinajstić information content (AvgIpc) is 2.93. The summed E-state index contributed by atoms with van der Waals surface area (Å²) in [7, 11) is 0. The number of nitrogens with zero attached hydrogens (tertiary/aromatic N) is 2. The van der Waals surface area contributed by atoms with Crippen LogP contribution in [0.5, 0.6) is 0 Å². The lowest BCUT2D eigenvalue weighted by atomic mass is 10.3. The Kier molecular flexibility index (Phi) is 3.22. The fourth-order valence-corrected chi connectivity index (χ4v) is 1.76. The normalized spacial score (nSPS) is 16.5. The Hall–Kier alpha value is -1.13. The van der Waals surface area contributed by atoms with Crippen LogP contribution in [-0.4, -0.2) is 17.5 Å². The highest BCUT2D eigenvalue weighted by Crippen LogP contribution is 2.46. The predicted octanol–water partition coefficient (Wildman–Crippen LogP) is 1.40. The predicted molar refractivity (Wildman–Crippen MR) is 52.8 cm³/mol. The summed E-state index contributed by atoms with van der Waals surface area (Å²) >= 11 is 1.85. The Balaban J connectivity index is 2.33. The third-order valence-corrected chi connectivity index (χ3v) is 3.57. The van der Waals surface area contributed by atoms with E-state index in [1.807, 2.05) is 23.9 Å². The second-order valence-corrected chi connectivity index (χ2v) is 4.32. The molecule has 0 radical (unpaired) electrons. The van der Waals surface area contributed by atoms with Crippen LogP contribution in [0.1, 0.15) is 12.8 Å². The van der Waals surface area contributed by atoms with Gasteiger partial charge in [0, 0.05) is 17.5 Å². The summed E-state index contributed by atoms with van der Waals surface area (Å²) in [5.41, 5.74) is 0.136. The quantitative estimate of drug-likeness (QED) is 0.686. The molecular weight excluding hydrogens is 182 g/mol. The molecule has 1 aliphatic rings. The average molecular weight is 193 g/mol. The summed E-state index contributed by atoms with van der Waals surface area (Å²) in [4.78, 5) is 0. The molecule has 0 unspecified atom stereocenters. The molecule has 0 spiro atoms. The first-order valence-corrected chi connectivity index (χ1v) is 5.28. The SMILES string of the molecule is CSC1(CNC=C(C#N)C#N)CC1. The molecule has 0 aliphatic heterocycles. The molecule has 1 rings (SSSR count). The first-order chi connectivity index (χ1) is 6.26. The zero-order valence-electron chi connectivity index (χ0n) is 7.50. The van der Waals surface area contributed by atoms with Gasteiger partial charge in [-0.3, -0.25) is 0 Å². The Morgan fingerprint density at radius 3 is 2.54 bits per heavy atom. The topological polar surface area (TPSA) is 59.6 Å². The van der Waals surface area contributed by atoms with Gasteiger partial charge in [0.15, 0.2) is 0 Å². The number of nitriles is 2. The molecule has 4 heteroatoms. The fraction of sp³-hybridized carbons (Fsp3) is 0.556. The van der Waals surface area contributed by atoms with Gasteiger partial charge in [-0.15, -0.1) is 0 Å². The van der Waals surface area contributed by atoms with Crippen molar-refractivity contribution in [3.8, 4) is 12.1 Å². The molecule has 68 valence electrons. The molecule has 0 aromatic heterocycles. The smallest absolute Gasteiger partial charge is 0.145 e. The Morgan fingerprint density at radius 1 is 1.54 bits per heavy atom. The van der Waals surface area contributed by atoms with Crippen LogP contribution in [0.25, 0.3) is 0 Å². The number of hydrogen-bond donors (Lipinski definition) is 1. The van der Waals surface area contributed by atoms with Gasteiger partial charge in [-0.25, -0.2) is 0 Å². The summed E-state index contributed by atoms with van der Waals surface area (Å²) < 4.78 is 0.368. The first kappa shape index (κ1) is 9.95. The monoisotopic (exact) mass is 193 g/mol. The fourth-order valence-electron chi connectivity index (χ4n) is 1.02. The molecule has 0 aromatic rings. The van der Waals surface area contributed by atoms with Crippen LogP contribution in [0, 0.1) is 22.7 Å². The van der Waals surface area contributed by atoms with Crippen LogP contribution >= 0.6 is 11.8 Å². The van der Waals surface area contributed by atoms with Crippen LogP contribution in [0.15, 0.2) is 11.8 Å². The minimum atomic E-state index is 0.136. The van der Waals surface area contributed by atoms with E-state index in [4.69, 9.17) is 10.5 Å². The van der Waals surface area contributed by atoms with Crippen molar-refractivity contribution in [3.63, 3.8) is 0 Å². The van der Waals surface area contributed by atoms with Crippen LogP contribution in [-0.2, 0) is 0 Å². The lowest BCUT2D eigenvalue weighted by Gasteiger charge is -2.10. The maximum absolute atomic E-state index is 8.44. The Morgan fingerprint density at radius 2 is 2.15 bits per heavy atom. The molecule has 0 heterocycles. The molecule has 1 saturated carbocycles. The molecule has 13 heavy (non-hydrogen) atoms. The number of allylic oxidation sites excluding steroid dienone is 1. The molecule has 3 nitrogen and oxygen atoms in total. The van der Waals surface area contributed by atoms with Gasteiger partial charge < -0.3 is 5.32 Å². The molecule has 1 N–H and O–H groups in total. The van der Waals surface area contributed by atoms with Crippen molar-refractivity contribution in [2.45, 2.75) is 17.6 Å². The summed E-state index contributed by atoms with van der Waals surface area (Å²) in [5, 5.41) is 19.9. The Bertz CT molecular complexity index is 275. The molecule has 1 aliphatic carbocycles. The molecule has 0 atom stereocenters. The van der Waals surface area contributed by atoms with E-state index in [9.17, 15) is 0 Å². The van der Waals surface area contributed by atoms with Gasteiger partial charge in [-0.2, -0.15) is 22.3 Å². The molecule has 0 saturated heterocycles. The first-order valence-electron chi connectivity index (χ1n) is 4.05. The van der Waals surface area contributed by atoms with Crippen molar-refractivity contribution in [3.05, 3.63) is 11.8 Å². The van der Waals surface area contributed by atoms with Crippen LogP contribution in [0.3, 0.4) is 0 Å². The van der Waals surface area contributed by atoms with Gasteiger partial charge in [-0.05, 0) is 19.1 Å². The van der Waals surface area contributed by atoms with Crippen molar-refractivity contribution in [2.75, 3.05) is 12.8 Å². The standard InChI is InChI=1S/C9H11N3S/c1-13-9(2-3-9)7-12-6-8(4-10)5-11/h6,12H,2-3,7H2,1H3. The summed E-state index contributed by atoms with van der Waals surface area (Å²) in [6.45, 7) is 0.848. The minimum Gasteiger partial charge on any atom is -0.388 e. The van der Waals surface area contributed by atoms with E-state index in [1.54, 1.807) is 0 Å². The second-order valence-electron chi connectivity index (χ2n) is 3.05. The number of nitrogens with one attached hydrogen (secondary N) is 1. The van der Waals surface area contributed by atoms with Crippen LogP contribution in [0.4, 0.5) is 0 Å². The summed E-state index contributed by atoms with van der Waals surface area (Å²) in [6.07, 6.45) is 6.04. The zero-order valence-corrected chi connectivity index (χ0v) is 8.32. The lowest BCUT2D eigenvalue weighted by Crippen LogP contribution is -2.21. The third kappa shape index (κ3) is 2.68. The number of rotatable bonds is 4. The molecule has 0 amide bonds. The maximum Gasteiger partial charge on any atom is 0.145 e. The van der Waals surface area contributed by atoms with E-state index in [2.05, 4.69) is 11.6 Å². The van der Waals surface area contributed by atoms with E-state index >= 15 is 0 Å². The van der Waals surface area contributed by atoms with E-state index in [0.717, 1.165) is 6.54 Å². The minimum absolute atomic E-state index is 0.136. The van der Waals surface area contributed by atoms with Crippen molar-refractivity contribution in [2.24, 2.45) is 0 Å². The molecular formula is C9H11N3S. The van der Waals surface area contributed by atoms with Crippen LogP contribution in [0.2, 0.25) is 0 Å². The van der Waals surface area contributed by atoms with E-state index in [-0.39, 0.29) is 5.57 Å². The van der Waals surface area contributed by atoms with E-state index < -0.39 is 0 Å². The van der Waals surface area contributed by atoms with E-state index in [0.29, 0.717) is 4.75 Å². The van der Waals surface area contributed by atoms with Gasteiger partial charge in [0.05, 0.1) is 0 Å². The van der Waals surface area contributed by atoms with Gasteiger partial charge >= 0.3 is 0 Å². The lowest BCUT2D eigenvalue weighted by molar-refractivity contribution is 0.786. The maximum atomic E-state index is 8.44. The van der Waals surface area contributed by atoms with Crippen molar-refractivity contribution in [1.29, 1.82) is 10.5 Å². The number of thioether (sulfide) groups is 1. The second kappa shape index (κ2) is 4.20. The highest BCUT2D eigenvalue weighted by molar-refractivity contribution is 8.00. The van der Waals surface area contributed by atoms with Crippen LogP contribution < -0.4 is 5.32 Å². The Labute approximate surface area is 82.4 Å². The van der Waals surface area contributed by atoms with Gasteiger partial charge in [0.2, 0.25) is 0 Å². The van der Waals surface area contributed by atoms with Gasteiger partial charge in [0.1, 0.15) is 17.7 Å². The van der Waals surface area contributed by atoms with E-state index in [1.165, 1.54) is 19.0 Å². The zero-order chi connectivity index (χ0) is 9.73. The van der Waals surface area contributed by atoms with Gasteiger partial charge in [0.25, 0.3) is 0 Å². The highest BCUT2D eigenvalue weighted by Gasteiger charge is 2.41. The number of hydrogen-bond acceptors (Lipinski definition) is 4. The molecule has 1 fully saturated rings. The largest absolute Gasteiger partial charge is 0.388 e. The van der Waals surface area contributed by atoms with Crippen molar-refractivity contribution in [1.82, 2.24) is 5.32 Å². The third-order valence-electron chi connectivity index (χ3n) is 2.15.